The summed E-state index contributed by atoms with van der Waals surface area (Å²) in [5.74, 6) is 0.899. The van der Waals surface area contributed by atoms with Crippen LogP contribution in [0.15, 0.2) is 41.3 Å². The maximum absolute atomic E-state index is 10.7. The second-order valence-corrected chi connectivity index (χ2v) is 4.30. The second-order valence-electron chi connectivity index (χ2n) is 2.59. The van der Waals surface area contributed by atoms with Gasteiger partial charge in [-0.05, 0) is 6.07 Å². The molecule has 0 N–H and O–H groups in total. The van der Waals surface area contributed by atoms with Crippen molar-refractivity contribution < 1.29 is 4.79 Å². The highest BCUT2D eigenvalue weighted by molar-refractivity contribution is 9.09. The molecule has 0 bridgehead atoms. The number of benzene rings is 1. The molecule has 0 saturated heterocycles. The molecule has 0 fully saturated rings. The molecule has 0 aromatic heterocycles. The van der Waals surface area contributed by atoms with Gasteiger partial charge in [-0.2, -0.15) is 0 Å². The van der Waals surface area contributed by atoms with E-state index >= 15 is 0 Å². The summed E-state index contributed by atoms with van der Waals surface area (Å²) < 4.78 is 0. The highest BCUT2D eigenvalue weighted by Gasteiger charge is 1.98. The zero-order valence-electron chi connectivity index (χ0n) is 7.65. The lowest BCUT2D eigenvalue weighted by molar-refractivity contribution is 0.112. The number of hydrogen-bond donors (Lipinski definition) is 0. The van der Waals surface area contributed by atoms with E-state index in [1.807, 2.05) is 24.3 Å². The van der Waals surface area contributed by atoms with Gasteiger partial charge in [0.25, 0.3) is 0 Å². The van der Waals surface area contributed by atoms with Crippen molar-refractivity contribution in [3.63, 3.8) is 0 Å². The summed E-state index contributed by atoms with van der Waals surface area (Å²) in [5, 5.41) is 0.878. The van der Waals surface area contributed by atoms with E-state index in [1.54, 1.807) is 11.8 Å². The van der Waals surface area contributed by atoms with Crippen LogP contribution in [0.25, 0.3) is 0 Å². The van der Waals surface area contributed by atoms with Crippen LogP contribution in [0.5, 0.6) is 0 Å². The van der Waals surface area contributed by atoms with Crippen LogP contribution in [0.3, 0.4) is 0 Å². The summed E-state index contributed by atoms with van der Waals surface area (Å²) in [6.45, 7) is 0. The van der Waals surface area contributed by atoms with Crippen molar-refractivity contribution in [2.75, 3.05) is 11.1 Å². The first-order chi connectivity index (χ1) is 6.88. The molecule has 0 spiro atoms. The highest BCUT2D eigenvalue weighted by atomic mass is 79.9. The Hall–Kier alpha value is -0.540. The normalized spacial score (nSPS) is 10.6. The van der Waals surface area contributed by atoms with E-state index in [2.05, 4.69) is 28.1 Å². The van der Waals surface area contributed by atoms with Crippen LogP contribution >= 0.6 is 27.7 Å². The van der Waals surface area contributed by atoms with Gasteiger partial charge in [0.2, 0.25) is 0 Å². The fourth-order valence-corrected chi connectivity index (χ4v) is 2.11. The number of aldehydes is 1. The minimum absolute atomic E-state index is 0.768. The van der Waals surface area contributed by atoms with Crippen molar-refractivity contribution in [3.8, 4) is 0 Å². The lowest BCUT2D eigenvalue weighted by atomic mass is 10.2. The van der Waals surface area contributed by atoms with Crippen LogP contribution in [-0.4, -0.2) is 17.4 Å². The van der Waals surface area contributed by atoms with Crippen molar-refractivity contribution in [1.29, 1.82) is 0 Å². The predicted octanol–water partition coefficient (Wildman–Crippen LogP) is 3.54. The first kappa shape index (κ1) is 11.5. The van der Waals surface area contributed by atoms with Gasteiger partial charge in [-0.3, -0.25) is 4.79 Å². The van der Waals surface area contributed by atoms with Crippen LogP contribution < -0.4 is 0 Å². The number of thioether (sulfide) groups is 1. The number of alkyl halides is 1. The molecule has 0 unspecified atom stereocenters. The average molecular weight is 271 g/mol. The molecule has 0 heterocycles. The molecule has 1 nitrogen and oxygen atoms in total. The number of rotatable bonds is 5. The van der Waals surface area contributed by atoms with Crippen molar-refractivity contribution in [1.82, 2.24) is 0 Å². The van der Waals surface area contributed by atoms with E-state index < -0.39 is 0 Å². The minimum atomic E-state index is 0.768. The highest BCUT2D eigenvalue weighted by Crippen LogP contribution is 2.21. The molecule has 1 aromatic rings. The van der Waals surface area contributed by atoms with Gasteiger partial charge in [-0.25, -0.2) is 0 Å². The number of carbonyl (C=O) groups excluding carboxylic acids is 1. The number of halogens is 1. The van der Waals surface area contributed by atoms with Crippen molar-refractivity contribution in [2.24, 2.45) is 0 Å². The molecule has 0 aliphatic heterocycles. The second kappa shape index (κ2) is 6.85. The number of carbonyl (C=O) groups is 1. The standard InChI is InChI=1S/C11H11BrOS/c12-7-3-4-8-14-11-6-2-1-5-10(11)9-13/h1-6,9H,7-8H2/b4-3+. The Kier molecular flexibility index (Phi) is 5.64. The third-order valence-electron chi connectivity index (χ3n) is 1.64. The molecule has 0 amide bonds. The molecule has 0 atom stereocenters. The topological polar surface area (TPSA) is 17.1 Å². The van der Waals surface area contributed by atoms with Crippen LogP contribution in [0.4, 0.5) is 0 Å². The summed E-state index contributed by atoms with van der Waals surface area (Å²) in [4.78, 5) is 11.7. The van der Waals surface area contributed by atoms with Gasteiger partial charge in [0.05, 0.1) is 0 Å². The first-order valence-electron chi connectivity index (χ1n) is 4.26. The van der Waals surface area contributed by atoms with Gasteiger partial charge in [0, 0.05) is 21.5 Å². The van der Waals surface area contributed by atoms with Crippen LogP contribution in [0.1, 0.15) is 10.4 Å². The summed E-state index contributed by atoms with van der Waals surface area (Å²) in [5.41, 5.74) is 0.768. The Bertz CT molecular complexity index is 323. The van der Waals surface area contributed by atoms with Crippen molar-refractivity contribution in [3.05, 3.63) is 42.0 Å². The van der Waals surface area contributed by atoms with Gasteiger partial charge in [-0.15, -0.1) is 11.8 Å². The van der Waals surface area contributed by atoms with E-state index in [0.717, 1.165) is 27.8 Å². The van der Waals surface area contributed by atoms with E-state index in [1.165, 1.54) is 0 Å². The number of allylic oxidation sites excluding steroid dienone is 1. The van der Waals surface area contributed by atoms with E-state index in [0.29, 0.717) is 0 Å². The third kappa shape index (κ3) is 3.68. The largest absolute Gasteiger partial charge is 0.298 e. The molecular weight excluding hydrogens is 260 g/mol. The summed E-state index contributed by atoms with van der Waals surface area (Å²) >= 11 is 4.98. The van der Waals surface area contributed by atoms with E-state index in [4.69, 9.17) is 0 Å². The Balaban J connectivity index is 2.57. The monoisotopic (exact) mass is 270 g/mol. The van der Waals surface area contributed by atoms with Crippen LogP contribution in [-0.2, 0) is 0 Å². The SMILES string of the molecule is O=Cc1ccccc1SC/C=C/CBr. The van der Waals surface area contributed by atoms with Gasteiger partial charge >= 0.3 is 0 Å². The Labute approximate surface area is 96.7 Å². The molecule has 0 aliphatic rings. The maximum atomic E-state index is 10.7. The van der Waals surface area contributed by atoms with Gasteiger partial charge in [0.15, 0.2) is 6.29 Å². The molecule has 0 aliphatic carbocycles. The fraction of sp³-hybridized carbons (Fsp3) is 0.182. The third-order valence-corrected chi connectivity index (χ3v) is 3.05. The molecule has 14 heavy (non-hydrogen) atoms. The Morgan fingerprint density at radius 3 is 2.79 bits per heavy atom. The summed E-state index contributed by atoms with van der Waals surface area (Å²) in [6, 6.07) is 7.63. The molecule has 3 heteroatoms. The van der Waals surface area contributed by atoms with Gasteiger partial charge in [-0.1, -0.05) is 46.3 Å². The Morgan fingerprint density at radius 2 is 2.07 bits per heavy atom. The number of hydrogen-bond acceptors (Lipinski definition) is 2. The van der Waals surface area contributed by atoms with Crippen LogP contribution in [0, 0.1) is 0 Å². The van der Waals surface area contributed by atoms with Gasteiger partial charge in [0.1, 0.15) is 0 Å². The minimum Gasteiger partial charge on any atom is -0.298 e. The predicted molar refractivity (Wildman–Crippen MR) is 65.5 cm³/mol. The smallest absolute Gasteiger partial charge is 0.151 e. The zero-order valence-corrected chi connectivity index (χ0v) is 10.1. The summed E-state index contributed by atoms with van der Waals surface area (Å²) in [7, 11) is 0. The lowest BCUT2D eigenvalue weighted by Crippen LogP contribution is -1.84. The quantitative estimate of drug-likeness (QED) is 0.352. The molecule has 74 valence electrons. The van der Waals surface area contributed by atoms with E-state index in [9.17, 15) is 4.79 Å². The average Bonchev–Trinajstić information content (AvgIpc) is 2.25. The van der Waals surface area contributed by atoms with Crippen molar-refractivity contribution in [2.45, 2.75) is 4.90 Å². The maximum Gasteiger partial charge on any atom is 0.151 e. The summed E-state index contributed by atoms with van der Waals surface area (Å²) in [6.07, 6.45) is 5.04. The molecule has 0 radical (unpaired) electrons. The van der Waals surface area contributed by atoms with Crippen LogP contribution in [0.2, 0.25) is 0 Å². The molecule has 1 rings (SSSR count). The first-order valence-corrected chi connectivity index (χ1v) is 6.37. The fourth-order valence-electron chi connectivity index (χ4n) is 0.978. The van der Waals surface area contributed by atoms with Crippen molar-refractivity contribution >= 4 is 34.0 Å². The molecular formula is C11H11BrOS. The van der Waals surface area contributed by atoms with E-state index in [-0.39, 0.29) is 0 Å². The molecule has 0 saturated carbocycles. The zero-order chi connectivity index (χ0) is 10.2. The lowest BCUT2D eigenvalue weighted by Gasteiger charge is -2.00. The molecule has 1 aromatic carbocycles. The van der Waals surface area contributed by atoms with Gasteiger partial charge < -0.3 is 0 Å². The Morgan fingerprint density at radius 1 is 1.29 bits per heavy atom.